The molecule has 0 saturated carbocycles. The van der Waals surface area contributed by atoms with Crippen LogP contribution in [0.5, 0.6) is 0 Å². The summed E-state index contributed by atoms with van der Waals surface area (Å²) in [5.74, 6) is -1.73. The van der Waals surface area contributed by atoms with Gasteiger partial charge in [-0.1, -0.05) is 55.5 Å². The molecule has 0 radical (unpaired) electrons. The van der Waals surface area contributed by atoms with Gasteiger partial charge in [0, 0.05) is 13.0 Å². The molecule has 34 heavy (non-hydrogen) atoms. The van der Waals surface area contributed by atoms with Crippen molar-refractivity contribution in [1.82, 2.24) is 20.4 Å². The van der Waals surface area contributed by atoms with Gasteiger partial charge in [-0.05, 0) is 28.7 Å². The molecule has 2 amide bonds. The van der Waals surface area contributed by atoms with Crippen molar-refractivity contribution < 1.29 is 24.2 Å². The molecule has 2 aromatic carbocycles. The fraction of sp³-hybridized carbons (Fsp3) is 0.280. The van der Waals surface area contributed by atoms with Gasteiger partial charge in [-0.3, -0.25) is 9.48 Å². The third-order valence-electron chi connectivity index (χ3n) is 6.06. The lowest BCUT2D eigenvalue weighted by Gasteiger charge is -2.15. The maximum atomic E-state index is 12.6. The molecule has 3 N–H and O–H groups in total. The van der Waals surface area contributed by atoms with Crippen LogP contribution in [-0.2, 0) is 23.1 Å². The second-order valence-electron chi connectivity index (χ2n) is 8.08. The number of rotatable bonds is 8. The molecule has 1 aromatic heterocycles. The maximum absolute atomic E-state index is 12.6. The Kier molecular flexibility index (Phi) is 6.62. The van der Waals surface area contributed by atoms with E-state index in [9.17, 15) is 19.5 Å². The first-order valence-corrected chi connectivity index (χ1v) is 11.0. The number of ether oxygens (including phenoxy) is 1. The number of carbonyl (C=O) groups is 3. The standard InChI is InChI=1S/C25H26N4O5/c1-3-21(24(31)32)28-23(30)19-12-27-29(2)22(19)13-26-25(33)34-14-20-17-10-6-4-8-15(17)16-9-5-7-11-18(16)20/h4-12,20-21H,3,13-14H2,1-2H3,(H,26,33)(H,28,30)(H,31,32)/t21-/m1/s1. The number of aryl methyl sites for hydroxylation is 1. The lowest BCUT2D eigenvalue weighted by Crippen LogP contribution is -2.40. The molecule has 0 aliphatic heterocycles. The molecular formula is C25H26N4O5. The van der Waals surface area contributed by atoms with Gasteiger partial charge >= 0.3 is 12.1 Å². The second-order valence-corrected chi connectivity index (χ2v) is 8.08. The monoisotopic (exact) mass is 462 g/mol. The van der Waals surface area contributed by atoms with Crippen LogP contribution in [0, 0.1) is 0 Å². The van der Waals surface area contributed by atoms with Crippen LogP contribution in [0.2, 0.25) is 0 Å². The molecule has 0 spiro atoms. The zero-order valence-corrected chi connectivity index (χ0v) is 18.9. The summed E-state index contributed by atoms with van der Waals surface area (Å²) in [4.78, 5) is 36.3. The van der Waals surface area contributed by atoms with Gasteiger partial charge in [0.25, 0.3) is 5.91 Å². The number of carboxylic acid groups (broad SMARTS) is 1. The Morgan fingerprint density at radius 1 is 1.09 bits per heavy atom. The van der Waals surface area contributed by atoms with Gasteiger partial charge in [-0.25, -0.2) is 9.59 Å². The summed E-state index contributed by atoms with van der Waals surface area (Å²) in [5, 5.41) is 18.4. The molecule has 3 aromatic rings. The highest BCUT2D eigenvalue weighted by atomic mass is 16.5. The average Bonchev–Trinajstić information content (AvgIpc) is 3.37. The number of benzene rings is 2. The molecule has 9 nitrogen and oxygen atoms in total. The first-order valence-electron chi connectivity index (χ1n) is 11.0. The van der Waals surface area contributed by atoms with E-state index in [0.29, 0.717) is 5.69 Å². The minimum absolute atomic E-state index is 0.000208. The van der Waals surface area contributed by atoms with Crippen LogP contribution in [-0.4, -0.2) is 45.5 Å². The minimum atomic E-state index is -1.11. The summed E-state index contributed by atoms with van der Waals surface area (Å²) >= 11 is 0. The Balaban J connectivity index is 1.39. The molecule has 9 heteroatoms. The van der Waals surface area contributed by atoms with Crippen molar-refractivity contribution in [1.29, 1.82) is 0 Å². The molecule has 1 atom stereocenters. The summed E-state index contributed by atoms with van der Waals surface area (Å²) < 4.78 is 6.99. The first kappa shape index (κ1) is 23.0. The van der Waals surface area contributed by atoms with Crippen LogP contribution in [0.25, 0.3) is 11.1 Å². The number of carbonyl (C=O) groups excluding carboxylic acids is 2. The van der Waals surface area contributed by atoms with Crippen molar-refractivity contribution in [2.24, 2.45) is 7.05 Å². The predicted octanol–water partition coefficient (Wildman–Crippen LogP) is 3.05. The van der Waals surface area contributed by atoms with Gasteiger partial charge in [-0.2, -0.15) is 5.10 Å². The second kappa shape index (κ2) is 9.78. The van der Waals surface area contributed by atoms with E-state index in [1.165, 1.54) is 10.9 Å². The first-order chi connectivity index (χ1) is 16.4. The fourth-order valence-corrected chi connectivity index (χ4v) is 4.24. The summed E-state index contributed by atoms with van der Waals surface area (Å²) in [6.07, 6.45) is 0.972. The maximum Gasteiger partial charge on any atom is 0.407 e. The van der Waals surface area contributed by atoms with Crippen LogP contribution in [0.3, 0.4) is 0 Å². The molecule has 1 aliphatic rings. The number of hydrogen-bond donors (Lipinski definition) is 3. The van der Waals surface area contributed by atoms with E-state index >= 15 is 0 Å². The zero-order chi connectivity index (χ0) is 24.2. The number of aliphatic carboxylic acids is 1. The Morgan fingerprint density at radius 2 is 1.71 bits per heavy atom. The van der Waals surface area contributed by atoms with Gasteiger partial charge < -0.3 is 20.5 Å². The van der Waals surface area contributed by atoms with E-state index in [0.717, 1.165) is 22.3 Å². The third kappa shape index (κ3) is 4.50. The van der Waals surface area contributed by atoms with E-state index in [1.807, 2.05) is 36.4 Å². The lowest BCUT2D eigenvalue weighted by atomic mass is 9.98. The number of fused-ring (bicyclic) bond motifs is 3. The SMILES string of the molecule is CC[C@@H](NC(=O)c1cnn(C)c1CNC(=O)OCC1c2ccccc2-c2ccccc21)C(=O)O. The molecule has 0 fully saturated rings. The van der Waals surface area contributed by atoms with Crippen LogP contribution in [0.15, 0.2) is 54.7 Å². The van der Waals surface area contributed by atoms with Gasteiger partial charge in [0.2, 0.25) is 0 Å². The van der Waals surface area contributed by atoms with Gasteiger partial charge in [0.15, 0.2) is 0 Å². The van der Waals surface area contributed by atoms with Crippen molar-refractivity contribution in [2.75, 3.05) is 6.61 Å². The van der Waals surface area contributed by atoms with Crippen LogP contribution in [0.1, 0.15) is 46.4 Å². The molecule has 0 unspecified atom stereocenters. The summed E-state index contributed by atoms with van der Waals surface area (Å²) in [5.41, 5.74) is 5.15. The van der Waals surface area contributed by atoms with E-state index in [4.69, 9.17) is 4.74 Å². The predicted molar refractivity (Wildman–Crippen MR) is 124 cm³/mol. The highest BCUT2D eigenvalue weighted by Gasteiger charge is 2.29. The summed E-state index contributed by atoms with van der Waals surface area (Å²) in [6, 6.07) is 15.1. The molecule has 0 bridgehead atoms. The Bertz CT molecular complexity index is 1190. The number of carboxylic acids is 1. The highest BCUT2D eigenvalue weighted by Crippen LogP contribution is 2.44. The van der Waals surface area contributed by atoms with Crippen LogP contribution < -0.4 is 10.6 Å². The molecule has 0 saturated heterocycles. The number of aromatic nitrogens is 2. The highest BCUT2D eigenvalue weighted by molar-refractivity contribution is 5.97. The lowest BCUT2D eigenvalue weighted by molar-refractivity contribution is -0.139. The van der Waals surface area contributed by atoms with Gasteiger partial charge in [0.05, 0.1) is 24.0 Å². The quantitative estimate of drug-likeness (QED) is 0.473. The van der Waals surface area contributed by atoms with Crippen molar-refractivity contribution >= 4 is 18.0 Å². The zero-order valence-electron chi connectivity index (χ0n) is 18.9. The number of nitrogens with one attached hydrogen (secondary N) is 2. The van der Waals surface area contributed by atoms with E-state index < -0.39 is 24.0 Å². The summed E-state index contributed by atoms with van der Waals surface area (Å²) in [6.45, 7) is 1.84. The topological polar surface area (TPSA) is 123 Å². The van der Waals surface area contributed by atoms with Crippen LogP contribution >= 0.6 is 0 Å². The normalized spacial score (nSPS) is 13.0. The largest absolute Gasteiger partial charge is 0.480 e. The number of alkyl carbamates (subject to hydrolysis) is 1. The van der Waals surface area contributed by atoms with E-state index in [1.54, 1.807) is 14.0 Å². The Morgan fingerprint density at radius 3 is 2.29 bits per heavy atom. The summed E-state index contributed by atoms with van der Waals surface area (Å²) in [7, 11) is 1.64. The molecule has 176 valence electrons. The van der Waals surface area contributed by atoms with Gasteiger partial charge in [0.1, 0.15) is 12.6 Å². The van der Waals surface area contributed by atoms with Crippen molar-refractivity contribution in [2.45, 2.75) is 31.8 Å². The van der Waals surface area contributed by atoms with E-state index in [-0.39, 0.29) is 31.1 Å². The fourth-order valence-electron chi connectivity index (χ4n) is 4.24. The number of nitrogens with zero attached hydrogens (tertiary/aromatic N) is 2. The Labute approximate surface area is 196 Å². The van der Waals surface area contributed by atoms with Crippen LogP contribution in [0.4, 0.5) is 4.79 Å². The smallest absolute Gasteiger partial charge is 0.407 e. The molecule has 1 heterocycles. The number of amides is 2. The molecule has 4 rings (SSSR count). The molecular weight excluding hydrogens is 436 g/mol. The van der Waals surface area contributed by atoms with Gasteiger partial charge in [-0.15, -0.1) is 0 Å². The average molecular weight is 463 g/mol. The van der Waals surface area contributed by atoms with Crippen molar-refractivity contribution in [3.05, 3.63) is 77.1 Å². The minimum Gasteiger partial charge on any atom is -0.480 e. The van der Waals surface area contributed by atoms with Crippen molar-refractivity contribution in [3.8, 4) is 11.1 Å². The number of hydrogen-bond acceptors (Lipinski definition) is 5. The van der Waals surface area contributed by atoms with E-state index in [2.05, 4.69) is 27.9 Å². The molecule has 1 aliphatic carbocycles. The Hall–Kier alpha value is -4.14. The van der Waals surface area contributed by atoms with Crippen molar-refractivity contribution in [3.63, 3.8) is 0 Å². The third-order valence-corrected chi connectivity index (χ3v) is 6.06.